The second kappa shape index (κ2) is 15.0. The van der Waals surface area contributed by atoms with Crippen molar-refractivity contribution in [2.75, 3.05) is 47.5 Å². The van der Waals surface area contributed by atoms with Crippen LogP contribution < -0.4 is 15.4 Å². The minimum absolute atomic E-state index is 0. The van der Waals surface area contributed by atoms with Crippen LogP contribution in [0.25, 0.3) is 0 Å². The molecule has 0 aliphatic heterocycles. The Hall–Kier alpha value is -1.92. The summed E-state index contributed by atoms with van der Waals surface area (Å²) >= 11 is 0. The number of aliphatic imine (C=N–C) groups is 1. The molecule has 0 radical (unpaired) electrons. The van der Waals surface area contributed by atoms with Crippen molar-refractivity contribution in [1.82, 2.24) is 30.3 Å². The molecule has 0 atom stereocenters. The summed E-state index contributed by atoms with van der Waals surface area (Å²) in [6.07, 6.45) is 1.02. The van der Waals surface area contributed by atoms with Gasteiger partial charge < -0.3 is 29.6 Å². The van der Waals surface area contributed by atoms with Gasteiger partial charge in [0.1, 0.15) is 11.6 Å². The predicted molar refractivity (Wildman–Crippen MR) is 134 cm³/mol. The number of rotatable bonds is 12. The molecule has 0 saturated heterocycles. The SMILES string of the molecule is COCCCN(C)CCNC(=NCc1ccc(OC)cc1)NCc1nnc(C)n1C.I. The molecule has 0 amide bonds. The minimum Gasteiger partial charge on any atom is -0.497 e. The van der Waals surface area contributed by atoms with Gasteiger partial charge in [-0.2, -0.15) is 0 Å². The summed E-state index contributed by atoms with van der Waals surface area (Å²) in [5, 5.41) is 15.1. The van der Waals surface area contributed by atoms with Crippen LogP contribution in [0, 0.1) is 6.92 Å². The Balaban J connectivity index is 0.00000480. The Bertz CT molecular complexity index is 781. The number of guanidine groups is 1. The van der Waals surface area contributed by atoms with Gasteiger partial charge in [0.15, 0.2) is 11.8 Å². The maximum Gasteiger partial charge on any atom is 0.192 e. The van der Waals surface area contributed by atoms with Gasteiger partial charge in [0.25, 0.3) is 0 Å². The Labute approximate surface area is 202 Å². The Kier molecular flexibility index (Phi) is 13.1. The third kappa shape index (κ3) is 9.83. The fraction of sp³-hybridized carbons (Fsp3) is 0.571. The number of ether oxygens (including phenoxy) is 2. The smallest absolute Gasteiger partial charge is 0.192 e. The first kappa shape index (κ1) is 27.1. The van der Waals surface area contributed by atoms with Crippen LogP contribution in [0.4, 0.5) is 0 Å². The first-order valence-corrected chi connectivity index (χ1v) is 10.2. The summed E-state index contributed by atoms with van der Waals surface area (Å²) in [5.74, 6) is 3.34. The van der Waals surface area contributed by atoms with Gasteiger partial charge in [-0.1, -0.05) is 12.1 Å². The van der Waals surface area contributed by atoms with Crippen molar-refractivity contribution >= 4 is 29.9 Å². The van der Waals surface area contributed by atoms with Gasteiger partial charge in [-0.25, -0.2) is 4.99 Å². The molecule has 2 aromatic rings. The monoisotopic (exact) mass is 545 g/mol. The van der Waals surface area contributed by atoms with Crippen LogP contribution in [0.3, 0.4) is 0 Å². The van der Waals surface area contributed by atoms with Gasteiger partial charge in [-0.05, 0) is 38.1 Å². The van der Waals surface area contributed by atoms with Crippen molar-refractivity contribution < 1.29 is 9.47 Å². The summed E-state index contributed by atoms with van der Waals surface area (Å²) in [4.78, 5) is 7.01. The molecule has 174 valence electrons. The number of benzene rings is 1. The van der Waals surface area contributed by atoms with Gasteiger partial charge in [0.2, 0.25) is 0 Å². The van der Waals surface area contributed by atoms with E-state index in [1.54, 1.807) is 14.2 Å². The summed E-state index contributed by atoms with van der Waals surface area (Å²) in [6, 6.07) is 7.94. The molecule has 0 saturated carbocycles. The van der Waals surface area contributed by atoms with E-state index in [0.29, 0.717) is 13.1 Å². The van der Waals surface area contributed by atoms with E-state index < -0.39 is 0 Å². The second-order valence-electron chi connectivity index (χ2n) is 7.17. The van der Waals surface area contributed by atoms with E-state index in [9.17, 15) is 0 Å². The highest BCUT2D eigenvalue weighted by Crippen LogP contribution is 2.11. The average Bonchev–Trinajstić information content (AvgIpc) is 3.08. The first-order valence-electron chi connectivity index (χ1n) is 10.2. The molecular weight excluding hydrogens is 509 g/mol. The van der Waals surface area contributed by atoms with E-state index in [1.165, 1.54) is 0 Å². The van der Waals surface area contributed by atoms with Crippen LogP contribution >= 0.6 is 24.0 Å². The van der Waals surface area contributed by atoms with Crippen LogP contribution in [0.1, 0.15) is 23.6 Å². The largest absolute Gasteiger partial charge is 0.497 e. The summed E-state index contributed by atoms with van der Waals surface area (Å²) in [5.41, 5.74) is 1.11. The number of halogens is 1. The summed E-state index contributed by atoms with van der Waals surface area (Å²) in [7, 11) is 7.47. The lowest BCUT2D eigenvalue weighted by Gasteiger charge is -2.18. The maximum absolute atomic E-state index is 5.22. The molecule has 1 aromatic heterocycles. The third-order valence-electron chi connectivity index (χ3n) is 4.85. The molecular formula is C21H36IN7O2. The highest BCUT2D eigenvalue weighted by atomic mass is 127. The third-order valence-corrected chi connectivity index (χ3v) is 4.85. The molecule has 2 rings (SSSR count). The Morgan fingerprint density at radius 2 is 1.87 bits per heavy atom. The van der Waals surface area contributed by atoms with E-state index in [4.69, 9.17) is 14.5 Å². The molecule has 0 bridgehead atoms. The lowest BCUT2D eigenvalue weighted by molar-refractivity contribution is 0.180. The lowest BCUT2D eigenvalue weighted by atomic mass is 10.2. The molecule has 0 spiro atoms. The van der Waals surface area contributed by atoms with Crippen LogP contribution in [0.5, 0.6) is 5.75 Å². The van der Waals surface area contributed by atoms with Gasteiger partial charge in [-0.15, -0.1) is 34.2 Å². The maximum atomic E-state index is 5.22. The molecule has 1 aromatic carbocycles. The van der Waals surface area contributed by atoms with Gasteiger partial charge >= 0.3 is 0 Å². The molecule has 1 heterocycles. The minimum atomic E-state index is 0. The summed E-state index contributed by atoms with van der Waals surface area (Å²) in [6.45, 7) is 6.54. The zero-order valence-corrected chi connectivity index (χ0v) is 21.6. The number of aromatic nitrogens is 3. The molecule has 2 N–H and O–H groups in total. The van der Waals surface area contributed by atoms with Gasteiger partial charge in [0.05, 0.1) is 20.2 Å². The topological polar surface area (TPSA) is 88.8 Å². The number of aryl methyl sites for hydroxylation is 1. The molecule has 9 nitrogen and oxygen atoms in total. The standard InChI is InChI=1S/C21H35N7O2.HI/c1-17-25-26-20(28(17)3)16-24-21(22-11-13-27(2)12-6-14-29-4)23-15-18-7-9-19(30-5)10-8-18;/h7-10H,6,11-16H2,1-5H3,(H2,22,23,24);1H. The molecule has 10 heteroatoms. The highest BCUT2D eigenvalue weighted by molar-refractivity contribution is 14.0. The van der Waals surface area contributed by atoms with Crippen molar-refractivity contribution in [2.45, 2.75) is 26.4 Å². The number of hydrogen-bond acceptors (Lipinski definition) is 6. The fourth-order valence-corrected chi connectivity index (χ4v) is 2.80. The fourth-order valence-electron chi connectivity index (χ4n) is 2.80. The molecule has 0 fully saturated rings. The van der Waals surface area contributed by atoms with Crippen molar-refractivity contribution in [3.05, 3.63) is 41.5 Å². The second-order valence-corrected chi connectivity index (χ2v) is 7.17. The number of nitrogens with one attached hydrogen (secondary N) is 2. The van der Waals surface area contributed by atoms with Crippen molar-refractivity contribution in [3.8, 4) is 5.75 Å². The zero-order valence-electron chi connectivity index (χ0n) is 19.2. The van der Waals surface area contributed by atoms with Crippen molar-refractivity contribution in [2.24, 2.45) is 12.0 Å². The molecule has 0 aliphatic carbocycles. The van der Waals surface area contributed by atoms with Gasteiger partial charge in [0, 0.05) is 40.4 Å². The number of methoxy groups -OCH3 is 2. The number of nitrogens with zero attached hydrogens (tertiary/aromatic N) is 5. The van der Waals surface area contributed by atoms with E-state index in [2.05, 4.69) is 32.8 Å². The van der Waals surface area contributed by atoms with Crippen LogP contribution in [0.15, 0.2) is 29.3 Å². The Morgan fingerprint density at radius 3 is 2.48 bits per heavy atom. The summed E-state index contributed by atoms with van der Waals surface area (Å²) < 4.78 is 12.3. The van der Waals surface area contributed by atoms with Gasteiger partial charge in [-0.3, -0.25) is 0 Å². The van der Waals surface area contributed by atoms with E-state index in [0.717, 1.165) is 61.6 Å². The zero-order chi connectivity index (χ0) is 21.8. The average molecular weight is 545 g/mol. The predicted octanol–water partition coefficient (Wildman–Crippen LogP) is 1.95. The van der Waals surface area contributed by atoms with Crippen LogP contribution in [-0.2, 0) is 24.9 Å². The van der Waals surface area contributed by atoms with E-state index in [1.807, 2.05) is 42.8 Å². The highest BCUT2D eigenvalue weighted by Gasteiger charge is 2.07. The number of likely N-dealkylation sites (N-methyl/N-ethyl adjacent to an activating group) is 1. The van der Waals surface area contributed by atoms with Crippen molar-refractivity contribution in [1.29, 1.82) is 0 Å². The quantitative estimate of drug-likeness (QED) is 0.183. The van der Waals surface area contributed by atoms with Crippen LogP contribution in [0.2, 0.25) is 0 Å². The molecule has 0 unspecified atom stereocenters. The lowest BCUT2D eigenvalue weighted by Crippen LogP contribution is -2.41. The number of hydrogen-bond donors (Lipinski definition) is 2. The normalized spacial score (nSPS) is 11.4. The first-order chi connectivity index (χ1) is 14.5. The Morgan fingerprint density at radius 1 is 1.13 bits per heavy atom. The van der Waals surface area contributed by atoms with E-state index >= 15 is 0 Å². The van der Waals surface area contributed by atoms with E-state index in [-0.39, 0.29) is 24.0 Å². The molecule has 0 aliphatic rings. The van der Waals surface area contributed by atoms with Crippen molar-refractivity contribution in [3.63, 3.8) is 0 Å². The molecule has 31 heavy (non-hydrogen) atoms. The van der Waals surface area contributed by atoms with Crippen LogP contribution in [-0.4, -0.2) is 73.1 Å².